The molecule has 2 unspecified atom stereocenters. The second-order valence-corrected chi connectivity index (χ2v) is 13.3. The summed E-state index contributed by atoms with van der Waals surface area (Å²) in [5, 5.41) is 9.54. The normalized spacial score (nSPS) is 20.1. The fraction of sp³-hybridized carbons (Fsp3) is 0.333. The number of furan rings is 2. The van der Waals surface area contributed by atoms with Gasteiger partial charge in [0.05, 0.1) is 0 Å². The van der Waals surface area contributed by atoms with Crippen LogP contribution in [-0.2, 0) is 0 Å². The summed E-state index contributed by atoms with van der Waals surface area (Å²) in [6.45, 7) is 9.18. The molecule has 0 amide bonds. The second-order valence-electron chi connectivity index (χ2n) is 13.3. The van der Waals surface area contributed by atoms with E-state index in [0.29, 0.717) is 12.1 Å². The molecule has 0 radical (unpaired) electrons. The molecule has 0 N–H and O–H groups in total. The molecule has 4 heteroatoms. The van der Waals surface area contributed by atoms with Gasteiger partial charge in [0.1, 0.15) is 11.2 Å². The standard InChI is InChI=1S/C39H38N2O2/c1-23-16-33-32-19-26-10-12-30(40-14-6-4-8-24(40)2)17-28(26)21-35(32)42-38(33)39-37(23)34-20-27-11-13-31(18-29(27)22-36(34)43-39)41-15-7-5-9-25(41)3/h10-13,16-22,24-25H,4-9,14-15H2,1-3H3. The van der Waals surface area contributed by atoms with E-state index in [2.05, 4.69) is 97.3 Å². The Morgan fingerprint density at radius 1 is 0.558 bits per heavy atom. The Morgan fingerprint density at radius 3 is 1.72 bits per heavy atom. The first-order valence-corrected chi connectivity index (χ1v) is 16.2. The molecule has 2 atom stereocenters. The van der Waals surface area contributed by atoms with Crippen molar-refractivity contribution in [1.82, 2.24) is 0 Å². The maximum Gasteiger partial charge on any atom is 0.178 e. The number of benzene rings is 5. The number of fused-ring (bicyclic) bond motifs is 9. The Morgan fingerprint density at radius 2 is 1.12 bits per heavy atom. The first-order valence-electron chi connectivity index (χ1n) is 16.2. The highest BCUT2D eigenvalue weighted by Gasteiger charge is 2.22. The zero-order valence-electron chi connectivity index (χ0n) is 25.4. The Labute approximate surface area is 251 Å². The lowest BCUT2D eigenvalue weighted by Gasteiger charge is -2.35. The molecule has 2 aromatic heterocycles. The van der Waals surface area contributed by atoms with Crippen LogP contribution in [0.4, 0.5) is 11.4 Å². The van der Waals surface area contributed by atoms with Crippen LogP contribution < -0.4 is 9.80 Å². The molecule has 0 aliphatic carbocycles. The number of aryl methyl sites for hydroxylation is 1. The Bertz CT molecular complexity index is 2220. The van der Waals surface area contributed by atoms with Gasteiger partial charge < -0.3 is 18.6 Å². The molecule has 216 valence electrons. The molecule has 2 aliphatic rings. The van der Waals surface area contributed by atoms with Crippen LogP contribution in [0.1, 0.15) is 57.9 Å². The van der Waals surface area contributed by atoms with Gasteiger partial charge in [-0.2, -0.15) is 0 Å². The summed E-state index contributed by atoms with van der Waals surface area (Å²) >= 11 is 0. The first kappa shape index (κ1) is 25.3. The molecule has 0 saturated carbocycles. The van der Waals surface area contributed by atoms with Gasteiger partial charge in [-0.15, -0.1) is 0 Å². The van der Waals surface area contributed by atoms with Gasteiger partial charge in [-0.05, 0) is 141 Å². The SMILES string of the molecule is Cc1cc2c3cc4ccc(N5CCCCC5C)cc4cc3oc2c2oc3cc4cc(N5CCCCC5C)ccc4cc3c12. The van der Waals surface area contributed by atoms with Crippen LogP contribution in [0, 0.1) is 6.92 Å². The fourth-order valence-corrected chi connectivity index (χ4v) is 8.15. The average molecular weight is 567 g/mol. The lowest BCUT2D eigenvalue weighted by molar-refractivity contribution is 0.485. The Kier molecular flexibility index (Phi) is 5.54. The van der Waals surface area contributed by atoms with E-state index >= 15 is 0 Å². The van der Waals surface area contributed by atoms with Crippen molar-refractivity contribution in [1.29, 1.82) is 0 Å². The van der Waals surface area contributed by atoms with Crippen molar-refractivity contribution in [3.05, 3.63) is 72.3 Å². The molecular formula is C39H38N2O2. The molecule has 7 aromatic rings. The van der Waals surface area contributed by atoms with Gasteiger partial charge in [0.15, 0.2) is 11.2 Å². The van der Waals surface area contributed by atoms with Crippen LogP contribution in [0.5, 0.6) is 0 Å². The van der Waals surface area contributed by atoms with E-state index in [1.807, 2.05) is 0 Å². The molecule has 43 heavy (non-hydrogen) atoms. The summed E-state index contributed by atoms with van der Waals surface area (Å²) < 4.78 is 13.3. The Hall–Kier alpha value is -4.18. The van der Waals surface area contributed by atoms with E-state index in [4.69, 9.17) is 8.83 Å². The monoisotopic (exact) mass is 566 g/mol. The topological polar surface area (TPSA) is 32.8 Å². The van der Waals surface area contributed by atoms with Crippen molar-refractivity contribution in [2.45, 2.75) is 71.4 Å². The molecule has 9 rings (SSSR count). The van der Waals surface area contributed by atoms with Gasteiger partial charge in [-0.25, -0.2) is 0 Å². The van der Waals surface area contributed by atoms with Crippen LogP contribution in [0.3, 0.4) is 0 Å². The lowest BCUT2D eigenvalue weighted by Crippen LogP contribution is -2.37. The van der Waals surface area contributed by atoms with Gasteiger partial charge in [0.2, 0.25) is 0 Å². The van der Waals surface area contributed by atoms with Crippen molar-refractivity contribution in [2.75, 3.05) is 22.9 Å². The zero-order valence-corrected chi connectivity index (χ0v) is 25.4. The van der Waals surface area contributed by atoms with Gasteiger partial charge in [0, 0.05) is 58.1 Å². The highest BCUT2D eigenvalue weighted by Crippen LogP contribution is 2.43. The van der Waals surface area contributed by atoms with Crippen molar-refractivity contribution >= 4 is 76.8 Å². The third kappa shape index (κ3) is 3.88. The number of piperidine rings is 2. The highest BCUT2D eigenvalue weighted by atomic mass is 16.4. The molecule has 4 nitrogen and oxygen atoms in total. The number of hydrogen-bond donors (Lipinski definition) is 0. The minimum atomic E-state index is 0.585. The molecule has 2 aliphatic heterocycles. The van der Waals surface area contributed by atoms with Crippen LogP contribution in [0.2, 0.25) is 0 Å². The van der Waals surface area contributed by atoms with Gasteiger partial charge >= 0.3 is 0 Å². The molecule has 5 aromatic carbocycles. The van der Waals surface area contributed by atoms with Crippen LogP contribution in [-0.4, -0.2) is 25.2 Å². The quantitative estimate of drug-likeness (QED) is 0.208. The molecule has 4 heterocycles. The molecule has 2 saturated heterocycles. The molecular weight excluding hydrogens is 528 g/mol. The minimum Gasteiger partial charge on any atom is -0.452 e. The van der Waals surface area contributed by atoms with E-state index in [1.165, 1.54) is 77.0 Å². The van der Waals surface area contributed by atoms with E-state index in [1.54, 1.807) is 0 Å². The second kappa shape index (κ2) is 9.41. The van der Waals surface area contributed by atoms with E-state index in [9.17, 15) is 0 Å². The van der Waals surface area contributed by atoms with Crippen molar-refractivity contribution in [3.63, 3.8) is 0 Å². The third-order valence-electron chi connectivity index (χ3n) is 10.5. The number of hydrogen-bond acceptors (Lipinski definition) is 4. The summed E-state index contributed by atoms with van der Waals surface area (Å²) in [6, 6.07) is 26.4. The maximum atomic E-state index is 6.68. The predicted octanol–water partition coefficient (Wildman–Crippen LogP) is 10.9. The van der Waals surface area contributed by atoms with Crippen LogP contribution >= 0.6 is 0 Å². The largest absolute Gasteiger partial charge is 0.452 e. The molecule has 0 spiro atoms. The summed E-state index contributed by atoms with van der Waals surface area (Å²) in [5.41, 5.74) is 7.40. The lowest BCUT2D eigenvalue weighted by atomic mass is 9.99. The summed E-state index contributed by atoms with van der Waals surface area (Å²) in [4.78, 5) is 5.13. The number of nitrogens with zero attached hydrogens (tertiary/aromatic N) is 2. The third-order valence-corrected chi connectivity index (χ3v) is 10.5. The van der Waals surface area contributed by atoms with E-state index in [0.717, 1.165) is 57.0 Å². The van der Waals surface area contributed by atoms with Gasteiger partial charge in [-0.1, -0.05) is 12.1 Å². The Balaban J connectivity index is 1.20. The molecule has 0 bridgehead atoms. The maximum absolute atomic E-state index is 6.68. The van der Waals surface area contributed by atoms with E-state index < -0.39 is 0 Å². The minimum absolute atomic E-state index is 0.585. The zero-order chi connectivity index (χ0) is 28.8. The summed E-state index contributed by atoms with van der Waals surface area (Å²) in [5.74, 6) is 0. The van der Waals surface area contributed by atoms with Crippen molar-refractivity contribution < 1.29 is 8.83 Å². The highest BCUT2D eigenvalue weighted by molar-refractivity contribution is 6.22. The number of anilines is 2. The van der Waals surface area contributed by atoms with Crippen LogP contribution in [0.15, 0.2) is 75.6 Å². The first-order chi connectivity index (χ1) is 21.0. The van der Waals surface area contributed by atoms with Gasteiger partial charge in [0.25, 0.3) is 0 Å². The van der Waals surface area contributed by atoms with Crippen LogP contribution in [0.25, 0.3) is 65.4 Å². The van der Waals surface area contributed by atoms with Gasteiger partial charge in [-0.3, -0.25) is 0 Å². The average Bonchev–Trinajstić information content (AvgIpc) is 3.57. The smallest absolute Gasteiger partial charge is 0.178 e. The molecule has 2 fully saturated rings. The fourth-order valence-electron chi connectivity index (χ4n) is 8.15. The number of rotatable bonds is 2. The summed E-state index contributed by atoms with van der Waals surface area (Å²) in [7, 11) is 0. The van der Waals surface area contributed by atoms with E-state index in [-0.39, 0.29) is 0 Å². The van der Waals surface area contributed by atoms with Crippen molar-refractivity contribution in [3.8, 4) is 0 Å². The summed E-state index contributed by atoms with van der Waals surface area (Å²) in [6.07, 6.45) is 7.73. The predicted molar refractivity (Wildman–Crippen MR) is 182 cm³/mol. The van der Waals surface area contributed by atoms with Crippen molar-refractivity contribution in [2.24, 2.45) is 0 Å².